The van der Waals surface area contributed by atoms with Gasteiger partial charge in [-0.15, -0.1) is 0 Å². The third-order valence-electron chi connectivity index (χ3n) is 3.00. The van der Waals surface area contributed by atoms with Crippen LogP contribution in [0.3, 0.4) is 0 Å². The summed E-state index contributed by atoms with van der Waals surface area (Å²) in [5.74, 6) is 1.89. The van der Waals surface area contributed by atoms with Gasteiger partial charge in [0.25, 0.3) is 0 Å². The lowest BCUT2D eigenvalue weighted by molar-refractivity contribution is 0.138. The van der Waals surface area contributed by atoms with Gasteiger partial charge in [-0.25, -0.2) is 0 Å². The Morgan fingerprint density at radius 2 is 2.40 bits per heavy atom. The van der Waals surface area contributed by atoms with Gasteiger partial charge in [-0.1, -0.05) is 12.2 Å². The normalized spacial score (nSPS) is 44.3. The molecule has 1 saturated carbocycles. The number of hydrogen-bond donors (Lipinski definition) is 1. The molecule has 0 bridgehead atoms. The smallest absolute Gasteiger partial charge is 0.0132 e. The van der Waals surface area contributed by atoms with Crippen molar-refractivity contribution >= 4 is 0 Å². The van der Waals surface area contributed by atoms with Crippen LogP contribution in [0.25, 0.3) is 0 Å². The van der Waals surface area contributed by atoms with Crippen LogP contribution in [0, 0.1) is 11.8 Å². The van der Waals surface area contributed by atoms with Gasteiger partial charge in [0.1, 0.15) is 0 Å². The Morgan fingerprint density at radius 3 is 3.10 bits per heavy atom. The zero-order chi connectivity index (χ0) is 6.97. The Bertz CT molecular complexity index is 151. The maximum absolute atomic E-state index is 3.35. The van der Waals surface area contributed by atoms with E-state index in [1.807, 2.05) is 0 Å². The van der Waals surface area contributed by atoms with Gasteiger partial charge in [0.15, 0.2) is 0 Å². The summed E-state index contributed by atoms with van der Waals surface area (Å²) in [5.41, 5.74) is 0. The molecule has 0 radical (unpaired) electrons. The molecule has 0 heterocycles. The van der Waals surface area contributed by atoms with Gasteiger partial charge in [0, 0.05) is 6.04 Å². The van der Waals surface area contributed by atoms with Crippen molar-refractivity contribution < 1.29 is 0 Å². The average Bonchev–Trinajstić information content (AvgIpc) is 1.92. The number of hydrogen-bond acceptors (Lipinski definition) is 1. The summed E-state index contributed by atoms with van der Waals surface area (Å²) in [6, 6.07) is 0.793. The van der Waals surface area contributed by atoms with Crippen LogP contribution in [0.4, 0.5) is 0 Å². The molecule has 1 fully saturated rings. The van der Waals surface area contributed by atoms with Crippen molar-refractivity contribution in [3.05, 3.63) is 12.2 Å². The molecular formula is C9H15N. The summed E-state index contributed by atoms with van der Waals surface area (Å²) < 4.78 is 0. The number of nitrogens with one attached hydrogen (secondary N) is 1. The summed E-state index contributed by atoms with van der Waals surface area (Å²) in [6.45, 7) is 0. The van der Waals surface area contributed by atoms with E-state index in [-0.39, 0.29) is 0 Å². The van der Waals surface area contributed by atoms with Crippen LogP contribution < -0.4 is 5.32 Å². The van der Waals surface area contributed by atoms with E-state index >= 15 is 0 Å². The summed E-state index contributed by atoms with van der Waals surface area (Å²) in [4.78, 5) is 0. The summed E-state index contributed by atoms with van der Waals surface area (Å²) >= 11 is 0. The molecule has 1 nitrogen and oxygen atoms in total. The Balaban J connectivity index is 2.00. The van der Waals surface area contributed by atoms with E-state index in [1.165, 1.54) is 19.3 Å². The standard InChI is InChI=1S/C9H15N/c1-10-9-6-7-4-2-3-5-8(7)9/h3,5,7-10H,2,4,6H2,1H3/t7-,8-,9?/m0/s1. The monoisotopic (exact) mass is 137 g/mol. The quantitative estimate of drug-likeness (QED) is 0.541. The molecule has 3 atom stereocenters. The van der Waals surface area contributed by atoms with E-state index < -0.39 is 0 Å². The van der Waals surface area contributed by atoms with Gasteiger partial charge < -0.3 is 5.32 Å². The molecular weight excluding hydrogens is 122 g/mol. The zero-order valence-electron chi connectivity index (χ0n) is 6.51. The summed E-state index contributed by atoms with van der Waals surface area (Å²) in [6.07, 6.45) is 8.89. The second-order valence-corrected chi connectivity index (χ2v) is 3.47. The zero-order valence-corrected chi connectivity index (χ0v) is 6.51. The van der Waals surface area contributed by atoms with Crippen molar-refractivity contribution in [1.29, 1.82) is 0 Å². The van der Waals surface area contributed by atoms with Crippen molar-refractivity contribution in [3.8, 4) is 0 Å². The highest BCUT2D eigenvalue weighted by atomic mass is 14.9. The molecule has 0 amide bonds. The predicted octanol–water partition coefficient (Wildman–Crippen LogP) is 1.56. The van der Waals surface area contributed by atoms with Crippen molar-refractivity contribution in [2.45, 2.75) is 25.3 Å². The van der Waals surface area contributed by atoms with Gasteiger partial charge in [-0.3, -0.25) is 0 Å². The van der Waals surface area contributed by atoms with Crippen molar-refractivity contribution in [3.63, 3.8) is 0 Å². The molecule has 1 unspecified atom stereocenters. The predicted molar refractivity (Wildman–Crippen MR) is 42.8 cm³/mol. The maximum atomic E-state index is 3.35. The summed E-state index contributed by atoms with van der Waals surface area (Å²) in [5, 5.41) is 3.35. The molecule has 2 aliphatic rings. The lowest BCUT2D eigenvalue weighted by atomic mass is 9.65. The Labute approximate surface area is 62.5 Å². The highest BCUT2D eigenvalue weighted by molar-refractivity contribution is 5.08. The highest BCUT2D eigenvalue weighted by Gasteiger charge is 2.38. The van der Waals surface area contributed by atoms with Crippen LogP contribution >= 0.6 is 0 Å². The molecule has 0 spiro atoms. The molecule has 0 saturated heterocycles. The number of fused-ring (bicyclic) bond motifs is 1. The van der Waals surface area contributed by atoms with Gasteiger partial charge >= 0.3 is 0 Å². The first-order valence-corrected chi connectivity index (χ1v) is 4.26. The minimum Gasteiger partial charge on any atom is -0.316 e. The minimum absolute atomic E-state index is 0.793. The average molecular weight is 137 g/mol. The van der Waals surface area contributed by atoms with Crippen molar-refractivity contribution in [1.82, 2.24) is 5.32 Å². The SMILES string of the molecule is CNC1C[C@@H]2CCC=C[C@H]12. The van der Waals surface area contributed by atoms with E-state index in [9.17, 15) is 0 Å². The van der Waals surface area contributed by atoms with Gasteiger partial charge in [-0.05, 0) is 38.1 Å². The van der Waals surface area contributed by atoms with Crippen molar-refractivity contribution in [2.24, 2.45) is 11.8 Å². The Hall–Kier alpha value is -0.300. The van der Waals surface area contributed by atoms with Crippen LogP contribution in [0.5, 0.6) is 0 Å². The third kappa shape index (κ3) is 0.807. The second-order valence-electron chi connectivity index (χ2n) is 3.47. The lowest BCUT2D eigenvalue weighted by Crippen LogP contribution is -2.48. The topological polar surface area (TPSA) is 12.0 Å². The van der Waals surface area contributed by atoms with Gasteiger partial charge in [0.2, 0.25) is 0 Å². The van der Waals surface area contributed by atoms with Gasteiger partial charge in [-0.2, -0.15) is 0 Å². The van der Waals surface area contributed by atoms with E-state index in [0.717, 1.165) is 17.9 Å². The molecule has 2 rings (SSSR count). The fraction of sp³-hybridized carbons (Fsp3) is 0.778. The largest absolute Gasteiger partial charge is 0.316 e. The molecule has 0 aliphatic heterocycles. The number of rotatable bonds is 1. The van der Waals surface area contributed by atoms with E-state index in [2.05, 4.69) is 24.5 Å². The highest BCUT2D eigenvalue weighted by Crippen LogP contribution is 2.41. The van der Waals surface area contributed by atoms with E-state index in [0.29, 0.717) is 0 Å². The van der Waals surface area contributed by atoms with E-state index in [1.54, 1.807) is 0 Å². The molecule has 0 aromatic carbocycles. The fourth-order valence-electron chi connectivity index (χ4n) is 2.25. The van der Waals surface area contributed by atoms with Crippen LogP contribution in [0.15, 0.2) is 12.2 Å². The van der Waals surface area contributed by atoms with Crippen molar-refractivity contribution in [2.75, 3.05) is 7.05 Å². The molecule has 0 aromatic heterocycles. The van der Waals surface area contributed by atoms with Gasteiger partial charge in [0.05, 0.1) is 0 Å². The molecule has 2 aliphatic carbocycles. The Morgan fingerprint density at radius 1 is 1.50 bits per heavy atom. The second kappa shape index (κ2) is 2.39. The van der Waals surface area contributed by atoms with Crippen LogP contribution in [0.1, 0.15) is 19.3 Å². The third-order valence-corrected chi connectivity index (χ3v) is 3.00. The molecule has 1 N–H and O–H groups in total. The molecule has 0 aromatic rings. The molecule has 56 valence electrons. The first kappa shape index (κ1) is 6.41. The minimum atomic E-state index is 0.793. The molecule has 1 heteroatoms. The number of allylic oxidation sites excluding steroid dienone is 1. The first-order valence-electron chi connectivity index (χ1n) is 4.26. The maximum Gasteiger partial charge on any atom is 0.0132 e. The van der Waals surface area contributed by atoms with Crippen LogP contribution in [0.2, 0.25) is 0 Å². The first-order chi connectivity index (χ1) is 4.92. The van der Waals surface area contributed by atoms with E-state index in [4.69, 9.17) is 0 Å². The van der Waals surface area contributed by atoms with Crippen LogP contribution in [-0.4, -0.2) is 13.1 Å². The Kier molecular flexibility index (Phi) is 1.53. The lowest BCUT2D eigenvalue weighted by Gasteiger charge is -2.45. The van der Waals surface area contributed by atoms with Crippen LogP contribution in [-0.2, 0) is 0 Å². The fourth-order valence-corrected chi connectivity index (χ4v) is 2.25. The molecule has 10 heavy (non-hydrogen) atoms. The summed E-state index contributed by atoms with van der Waals surface area (Å²) in [7, 11) is 2.07.